The molecule has 0 aromatic heterocycles. The lowest BCUT2D eigenvalue weighted by Crippen LogP contribution is -2.53. The molecule has 0 aliphatic heterocycles. The van der Waals surface area contributed by atoms with Crippen molar-refractivity contribution in [3.05, 3.63) is 24.3 Å². The summed E-state index contributed by atoms with van der Waals surface area (Å²) in [4.78, 5) is 21.3. The fourth-order valence-corrected chi connectivity index (χ4v) is 1.20. The number of carboxylic acids is 1. The summed E-state index contributed by atoms with van der Waals surface area (Å²) in [5, 5.41) is 11.1. The van der Waals surface area contributed by atoms with E-state index in [0.29, 0.717) is 0 Å². The van der Waals surface area contributed by atoms with E-state index in [1.165, 1.54) is 31.2 Å². The van der Waals surface area contributed by atoms with Crippen LogP contribution in [-0.2, 0) is 9.59 Å². The highest BCUT2D eigenvalue weighted by Gasteiger charge is 2.24. The van der Waals surface area contributed by atoms with Gasteiger partial charge in [0.25, 0.3) is 0 Å². The number of carboxylic acid groups (broad SMARTS) is 1. The van der Waals surface area contributed by atoms with Crippen LogP contribution in [0.3, 0.4) is 0 Å². The van der Waals surface area contributed by atoms with Crippen LogP contribution in [0.5, 0.6) is 0 Å². The molecular weight excluding hydrogens is 184 g/mol. The van der Waals surface area contributed by atoms with E-state index in [2.05, 4.69) is 5.32 Å². The van der Waals surface area contributed by atoms with Crippen LogP contribution in [-0.4, -0.2) is 22.6 Å². The Balaban J connectivity index is 2.72. The lowest BCUT2D eigenvalue weighted by molar-refractivity contribution is -0.138. The topological polar surface area (TPSA) is 92.4 Å². The number of aliphatic carboxylic acids is 1. The summed E-state index contributed by atoms with van der Waals surface area (Å²) in [6.45, 7) is 1.35. The molecule has 0 saturated heterocycles. The number of hydrogen-bond donors (Lipinski definition) is 3. The van der Waals surface area contributed by atoms with E-state index in [-0.39, 0.29) is 5.91 Å². The maximum atomic E-state index is 10.8. The second kappa shape index (κ2) is 3.63. The Hall–Kier alpha value is -1.62. The molecule has 0 atom stereocenters. The van der Waals surface area contributed by atoms with Gasteiger partial charge in [-0.3, -0.25) is 9.59 Å². The maximum absolute atomic E-state index is 10.8. The van der Waals surface area contributed by atoms with Gasteiger partial charge in [0, 0.05) is 6.92 Å². The van der Waals surface area contributed by atoms with Gasteiger partial charge in [0.2, 0.25) is 5.91 Å². The summed E-state index contributed by atoms with van der Waals surface area (Å²) in [5.41, 5.74) is 4.67. The highest BCUT2D eigenvalue weighted by Crippen LogP contribution is 2.14. The first-order chi connectivity index (χ1) is 6.43. The zero-order chi connectivity index (χ0) is 10.8. The average molecular weight is 196 g/mol. The maximum Gasteiger partial charge on any atom is 0.314 e. The summed E-state index contributed by atoms with van der Waals surface area (Å²) in [7, 11) is 0. The first-order valence-corrected chi connectivity index (χ1v) is 4.12. The highest BCUT2D eigenvalue weighted by atomic mass is 16.4. The molecule has 0 fully saturated rings. The molecule has 0 aromatic rings. The van der Waals surface area contributed by atoms with Crippen LogP contribution < -0.4 is 11.1 Å². The van der Waals surface area contributed by atoms with Crippen molar-refractivity contribution in [2.75, 3.05) is 0 Å². The number of carbonyl (C=O) groups excluding carboxylic acids is 1. The Kier molecular flexibility index (Phi) is 2.71. The van der Waals surface area contributed by atoms with Gasteiger partial charge in [-0.25, -0.2) is 0 Å². The third-order valence-corrected chi connectivity index (χ3v) is 1.84. The molecule has 1 aliphatic carbocycles. The summed E-state index contributed by atoms with van der Waals surface area (Å²) < 4.78 is 0. The van der Waals surface area contributed by atoms with Crippen LogP contribution in [0.1, 0.15) is 6.92 Å². The number of rotatable bonds is 2. The molecule has 14 heavy (non-hydrogen) atoms. The molecule has 0 radical (unpaired) electrons. The van der Waals surface area contributed by atoms with Gasteiger partial charge in [-0.1, -0.05) is 12.2 Å². The third-order valence-electron chi connectivity index (χ3n) is 1.84. The van der Waals surface area contributed by atoms with Crippen LogP contribution in [0.25, 0.3) is 0 Å². The molecule has 4 N–H and O–H groups in total. The molecule has 0 spiro atoms. The summed E-state index contributed by atoms with van der Waals surface area (Å²) in [6, 6.07) is 0. The van der Waals surface area contributed by atoms with Crippen LogP contribution >= 0.6 is 0 Å². The normalized spacial score (nSPS) is 30.0. The van der Waals surface area contributed by atoms with Crippen molar-refractivity contribution < 1.29 is 14.7 Å². The third kappa shape index (κ3) is 2.43. The monoisotopic (exact) mass is 196 g/mol. The molecule has 0 unspecified atom stereocenters. The zero-order valence-corrected chi connectivity index (χ0v) is 7.73. The molecule has 76 valence electrons. The average Bonchev–Trinajstić information content (AvgIpc) is 2.02. The number of nitrogens with two attached hydrogens (primary N) is 1. The number of nitrogens with one attached hydrogen (secondary N) is 1. The second-order valence-corrected chi connectivity index (χ2v) is 3.20. The van der Waals surface area contributed by atoms with E-state index in [4.69, 9.17) is 10.8 Å². The summed E-state index contributed by atoms with van der Waals surface area (Å²) in [5.74, 6) is -1.88. The Labute approximate surface area is 81.3 Å². The van der Waals surface area contributed by atoms with E-state index in [9.17, 15) is 9.59 Å². The lowest BCUT2D eigenvalue weighted by atomic mass is 9.97. The van der Waals surface area contributed by atoms with Crippen molar-refractivity contribution >= 4 is 11.9 Å². The number of carbonyl (C=O) groups is 2. The molecule has 5 heteroatoms. The highest BCUT2D eigenvalue weighted by molar-refractivity contribution is 5.77. The predicted octanol–water partition coefficient (Wildman–Crippen LogP) is -0.396. The molecule has 1 rings (SSSR count). The van der Waals surface area contributed by atoms with Crippen molar-refractivity contribution in [2.24, 2.45) is 11.7 Å². The quantitative estimate of drug-likeness (QED) is 0.414. The smallest absolute Gasteiger partial charge is 0.314 e. The van der Waals surface area contributed by atoms with E-state index >= 15 is 0 Å². The summed E-state index contributed by atoms with van der Waals surface area (Å²) in [6.07, 6.45) is 5.82. The summed E-state index contributed by atoms with van der Waals surface area (Å²) >= 11 is 0. The fourth-order valence-electron chi connectivity index (χ4n) is 1.20. The number of amides is 1. The zero-order valence-electron chi connectivity index (χ0n) is 7.73. The molecule has 1 amide bonds. The van der Waals surface area contributed by atoms with E-state index in [1.807, 2.05) is 0 Å². The van der Waals surface area contributed by atoms with Gasteiger partial charge in [-0.15, -0.1) is 0 Å². The molecular formula is C9H12N2O3. The molecule has 0 heterocycles. The standard InChI is InChI=1S/C9H12N2O3/c1-6(12)11-9(10)4-2-7(3-5-9)8(13)14/h2-5,7H,10H2,1H3,(H,11,12)(H,13,14). The number of hydrogen-bond acceptors (Lipinski definition) is 3. The molecule has 0 saturated carbocycles. The van der Waals surface area contributed by atoms with Crippen LogP contribution in [0.15, 0.2) is 24.3 Å². The van der Waals surface area contributed by atoms with Crippen molar-refractivity contribution in [1.82, 2.24) is 5.32 Å². The van der Waals surface area contributed by atoms with Gasteiger partial charge in [0.05, 0.1) is 5.92 Å². The minimum atomic E-state index is -1.06. The molecule has 1 aliphatic rings. The Morgan fingerprint density at radius 1 is 1.43 bits per heavy atom. The molecule has 0 bridgehead atoms. The van der Waals surface area contributed by atoms with Gasteiger partial charge in [0.1, 0.15) is 5.66 Å². The van der Waals surface area contributed by atoms with Crippen molar-refractivity contribution in [3.63, 3.8) is 0 Å². The van der Waals surface area contributed by atoms with Gasteiger partial charge < -0.3 is 16.2 Å². The van der Waals surface area contributed by atoms with Crippen molar-refractivity contribution in [1.29, 1.82) is 0 Å². The largest absolute Gasteiger partial charge is 0.481 e. The SMILES string of the molecule is CC(=O)NC1(N)C=CC(C(=O)O)C=C1. The van der Waals surface area contributed by atoms with Gasteiger partial charge in [-0.2, -0.15) is 0 Å². The van der Waals surface area contributed by atoms with Gasteiger partial charge in [-0.05, 0) is 12.2 Å². The predicted molar refractivity (Wildman–Crippen MR) is 50.1 cm³/mol. The van der Waals surface area contributed by atoms with Crippen LogP contribution in [0.4, 0.5) is 0 Å². The van der Waals surface area contributed by atoms with Gasteiger partial charge in [0.15, 0.2) is 0 Å². The Bertz CT molecular complexity index is 306. The van der Waals surface area contributed by atoms with Crippen LogP contribution in [0, 0.1) is 5.92 Å². The fraction of sp³-hybridized carbons (Fsp3) is 0.333. The molecule has 0 aromatic carbocycles. The second-order valence-electron chi connectivity index (χ2n) is 3.20. The van der Waals surface area contributed by atoms with Crippen LogP contribution in [0.2, 0.25) is 0 Å². The Morgan fingerprint density at radius 3 is 2.29 bits per heavy atom. The molecule has 5 nitrogen and oxygen atoms in total. The van der Waals surface area contributed by atoms with E-state index < -0.39 is 17.6 Å². The van der Waals surface area contributed by atoms with E-state index in [0.717, 1.165) is 0 Å². The van der Waals surface area contributed by atoms with E-state index in [1.54, 1.807) is 0 Å². The first kappa shape index (κ1) is 10.5. The van der Waals surface area contributed by atoms with Gasteiger partial charge >= 0.3 is 5.97 Å². The van der Waals surface area contributed by atoms with Crippen molar-refractivity contribution in [2.45, 2.75) is 12.6 Å². The minimum Gasteiger partial charge on any atom is -0.481 e. The Morgan fingerprint density at radius 2 is 1.93 bits per heavy atom. The minimum absolute atomic E-state index is 0.268. The van der Waals surface area contributed by atoms with Crippen molar-refractivity contribution in [3.8, 4) is 0 Å². The lowest BCUT2D eigenvalue weighted by Gasteiger charge is -2.26. The first-order valence-electron chi connectivity index (χ1n) is 4.12.